The molecule has 1 aliphatic heterocycles. The van der Waals surface area contributed by atoms with Gasteiger partial charge in [-0.1, -0.05) is 36.8 Å². The molecule has 1 N–H and O–H groups in total. The van der Waals surface area contributed by atoms with Gasteiger partial charge in [-0.3, -0.25) is 4.79 Å². The molecule has 0 saturated carbocycles. The molecule has 1 heterocycles. The molecule has 1 aliphatic rings. The van der Waals surface area contributed by atoms with Crippen LogP contribution in [0.2, 0.25) is 0 Å². The van der Waals surface area contributed by atoms with Gasteiger partial charge in [0.25, 0.3) is 5.91 Å². The van der Waals surface area contributed by atoms with Gasteiger partial charge in [-0.05, 0) is 62.7 Å². The summed E-state index contributed by atoms with van der Waals surface area (Å²) in [6.07, 6.45) is 3.76. The molecule has 2 aromatic carbocycles. The van der Waals surface area contributed by atoms with Crippen LogP contribution in [0.5, 0.6) is 0 Å². The molecule has 0 spiro atoms. The predicted molar refractivity (Wildman–Crippen MR) is 111 cm³/mol. The summed E-state index contributed by atoms with van der Waals surface area (Å²) in [7, 11) is -3.39. The Kier molecular flexibility index (Phi) is 6.86. The van der Waals surface area contributed by atoms with Crippen LogP contribution in [0.4, 0.5) is 0 Å². The van der Waals surface area contributed by atoms with Crippen molar-refractivity contribution in [3.8, 4) is 0 Å². The van der Waals surface area contributed by atoms with Crippen LogP contribution in [-0.2, 0) is 15.6 Å². The SMILES string of the molecule is CC(CN1CCCCC1)NC(=O)c1ccc(CS(=O)(=O)c2ccccc2)cc1. The second-order valence-electron chi connectivity index (χ2n) is 7.50. The van der Waals surface area contributed by atoms with E-state index in [4.69, 9.17) is 0 Å². The number of sulfone groups is 1. The number of benzene rings is 2. The van der Waals surface area contributed by atoms with E-state index in [0.717, 1.165) is 19.6 Å². The number of nitrogens with zero attached hydrogens (tertiary/aromatic N) is 1. The molecule has 0 aromatic heterocycles. The lowest BCUT2D eigenvalue weighted by Crippen LogP contribution is -2.43. The lowest BCUT2D eigenvalue weighted by molar-refractivity contribution is 0.0925. The van der Waals surface area contributed by atoms with E-state index < -0.39 is 9.84 Å². The minimum atomic E-state index is -3.39. The Bertz CT molecular complexity index is 874. The highest BCUT2D eigenvalue weighted by Crippen LogP contribution is 2.17. The zero-order valence-electron chi connectivity index (χ0n) is 16.3. The summed E-state index contributed by atoms with van der Waals surface area (Å²) in [5.74, 6) is -0.202. The van der Waals surface area contributed by atoms with Crippen molar-refractivity contribution in [1.82, 2.24) is 10.2 Å². The molecule has 1 fully saturated rings. The van der Waals surface area contributed by atoms with Gasteiger partial charge in [-0.25, -0.2) is 8.42 Å². The Hall–Kier alpha value is -2.18. The van der Waals surface area contributed by atoms with Crippen LogP contribution in [0.1, 0.15) is 42.1 Å². The first-order chi connectivity index (χ1) is 13.4. The molecule has 3 rings (SSSR count). The van der Waals surface area contributed by atoms with Gasteiger partial charge in [0.05, 0.1) is 10.6 Å². The fourth-order valence-electron chi connectivity index (χ4n) is 3.56. The van der Waals surface area contributed by atoms with Gasteiger partial charge in [0.2, 0.25) is 0 Å². The standard InChI is InChI=1S/C22H28N2O3S/c1-18(16-24-14-6-3-7-15-24)23-22(25)20-12-10-19(11-13-20)17-28(26,27)21-8-4-2-5-9-21/h2,4-5,8-13,18H,3,6-7,14-17H2,1H3,(H,23,25). The Labute approximate surface area is 167 Å². The molecular weight excluding hydrogens is 372 g/mol. The molecule has 150 valence electrons. The zero-order chi connectivity index (χ0) is 20.0. The maximum atomic E-state index is 12.5. The summed E-state index contributed by atoms with van der Waals surface area (Å²) < 4.78 is 24.9. The van der Waals surface area contributed by atoms with Crippen LogP contribution in [0.15, 0.2) is 59.5 Å². The highest BCUT2D eigenvalue weighted by Gasteiger charge is 2.17. The van der Waals surface area contributed by atoms with Crippen molar-refractivity contribution in [2.24, 2.45) is 0 Å². The first kappa shape index (κ1) is 20.6. The normalized spacial score (nSPS) is 16.5. The summed E-state index contributed by atoms with van der Waals surface area (Å²) in [5, 5.41) is 3.04. The average molecular weight is 401 g/mol. The van der Waals surface area contributed by atoms with Gasteiger partial charge in [0.15, 0.2) is 9.84 Å². The van der Waals surface area contributed by atoms with Crippen LogP contribution in [0.25, 0.3) is 0 Å². The Morgan fingerprint density at radius 1 is 1.00 bits per heavy atom. The summed E-state index contributed by atoms with van der Waals surface area (Å²) in [4.78, 5) is 15.2. The molecule has 0 bridgehead atoms. The third-order valence-corrected chi connectivity index (χ3v) is 6.74. The number of piperidine rings is 1. The van der Waals surface area contributed by atoms with Crippen LogP contribution < -0.4 is 5.32 Å². The van der Waals surface area contributed by atoms with Gasteiger partial charge >= 0.3 is 0 Å². The quantitative estimate of drug-likeness (QED) is 0.775. The number of carbonyl (C=O) groups is 1. The van der Waals surface area contributed by atoms with Gasteiger partial charge in [0.1, 0.15) is 0 Å². The van der Waals surface area contributed by atoms with E-state index in [-0.39, 0.29) is 17.7 Å². The van der Waals surface area contributed by atoms with Crippen LogP contribution in [-0.4, -0.2) is 44.9 Å². The zero-order valence-corrected chi connectivity index (χ0v) is 17.1. The Morgan fingerprint density at radius 3 is 2.29 bits per heavy atom. The topological polar surface area (TPSA) is 66.5 Å². The molecule has 2 aromatic rings. The fraction of sp³-hybridized carbons (Fsp3) is 0.409. The molecule has 1 atom stereocenters. The highest BCUT2D eigenvalue weighted by atomic mass is 32.2. The average Bonchev–Trinajstić information content (AvgIpc) is 2.69. The molecule has 28 heavy (non-hydrogen) atoms. The van der Waals surface area contributed by atoms with Crippen molar-refractivity contribution in [3.63, 3.8) is 0 Å². The molecule has 1 amide bonds. The van der Waals surface area contributed by atoms with Crippen LogP contribution in [0, 0.1) is 0 Å². The van der Waals surface area contributed by atoms with Gasteiger partial charge in [-0.2, -0.15) is 0 Å². The first-order valence-corrected chi connectivity index (χ1v) is 11.5. The van der Waals surface area contributed by atoms with E-state index in [2.05, 4.69) is 10.2 Å². The lowest BCUT2D eigenvalue weighted by Gasteiger charge is -2.29. The van der Waals surface area contributed by atoms with Crippen molar-refractivity contribution >= 4 is 15.7 Å². The maximum Gasteiger partial charge on any atom is 0.251 e. The summed E-state index contributed by atoms with van der Waals surface area (Å²) in [6, 6.07) is 15.3. The maximum absolute atomic E-state index is 12.5. The van der Waals surface area contributed by atoms with E-state index in [1.165, 1.54) is 19.3 Å². The van der Waals surface area contributed by atoms with Crippen LogP contribution >= 0.6 is 0 Å². The van der Waals surface area contributed by atoms with Gasteiger partial charge < -0.3 is 10.2 Å². The largest absolute Gasteiger partial charge is 0.348 e. The van der Waals surface area contributed by atoms with Gasteiger partial charge in [-0.15, -0.1) is 0 Å². The molecule has 1 unspecified atom stereocenters. The van der Waals surface area contributed by atoms with E-state index in [0.29, 0.717) is 16.0 Å². The summed E-state index contributed by atoms with van der Waals surface area (Å²) >= 11 is 0. The molecule has 5 nitrogen and oxygen atoms in total. The third kappa shape index (κ3) is 5.66. The molecular formula is C22H28N2O3S. The lowest BCUT2D eigenvalue weighted by atomic mass is 10.1. The highest BCUT2D eigenvalue weighted by molar-refractivity contribution is 7.90. The number of carbonyl (C=O) groups excluding carboxylic acids is 1. The number of amides is 1. The number of nitrogens with one attached hydrogen (secondary N) is 1. The fourth-order valence-corrected chi connectivity index (χ4v) is 4.93. The number of hydrogen-bond acceptors (Lipinski definition) is 4. The second-order valence-corrected chi connectivity index (χ2v) is 9.49. The van der Waals surface area contributed by atoms with E-state index in [1.54, 1.807) is 54.6 Å². The van der Waals surface area contributed by atoms with Crippen molar-refractivity contribution in [1.29, 1.82) is 0 Å². The minimum absolute atomic E-state index is 0.0729. The van der Waals surface area contributed by atoms with E-state index >= 15 is 0 Å². The van der Waals surface area contributed by atoms with E-state index in [1.807, 2.05) is 6.92 Å². The first-order valence-electron chi connectivity index (χ1n) is 9.84. The molecule has 1 saturated heterocycles. The molecule has 6 heteroatoms. The number of likely N-dealkylation sites (tertiary alicyclic amines) is 1. The van der Waals surface area contributed by atoms with Crippen molar-refractivity contribution < 1.29 is 13.2 Å². The summed E-state index contributed by atoms with van der Waals surface area (Å²) in [5.41, 5.74) is 1.22. The Balaban J connectivity index is 1.56. The van der Waals surface area contributed by atoms with Gasteiger partial charge in [0, 0.05) is 18.2 Å². The van der Waals surface area contributed by atoms with Crippen LogP contribution in [0.3, 0.4) is 0 Å². The molecule has 0 aliphatic carbocycles. The Morgan fingerprint density at radius 2 is 1.64 bits per heavy atom. The predicted octanol–water partition coefficient (Wildman–Crippen LogP) is 3.26. The third-order valence-electron chi connectivity index (χ3n) is 5.03. The van der Waals surface area contributed by atoms with Crippen molar-refractivity contribution in [3.05, 3.63) is 65.7 Å². The van der Waals surface area contributed by atoms with Crippen molar-refractivity contribution in [2.75, 3.05) is 19.6 Å². The second kappa shape index (κ2) is 9.34. The monoisotopic (exact) mass is 400 g/mol. The summed E-state index contributed by atoms with van der Waals surface area (Å²) in [6.45, 7) is 5.09. The van der Waals surface area contributed by atoms with Crippen molar-refractivity contribution in [2.45, 2.75) is 42.9 Å². The minimum Gasteiger partial charge on any atom is -0.348 e. The number of rotatable bonds is 7. The smallest absolute Gasteiger partial charge is 0.251 e. The number of hydrogen-bond donors (Lipinski definition) is 1. The van der Waals surface area contributed by atoms with E-state index in [9.17, 15) is 13.2 Å². The molecule has 0 radical (unpaired) electrons.